The van der Waals surface area contributed by atoms with E-state index in [0.717, 1.165) is 19.3 Å². The van der Waals surface area contributed by atoms with Gasteiger partial charge in [-0.2, -0.15) is 0 Å². The highest BCUT2D eigenvalue weighted by molar-refractivity contribution is 5.62. The van der Waals surface area contributed by atoms with Gasteiger partial charge in [-0.05, 0) is 36.3 Å². The van der Waals surface area contributed by atoms with Crippen LogP contribution in [0.25, 0.3) is 0 Å². The number of aldehydes is 1. The molecule has 1 aliphatic carbocycles. The number of carbonyl (C=O) groups excluding carboxylic acids is 1. The van der Waals surface area contributed by atoms with Gasteiger partial charge in [0.15, 0.2) is 0 Å². The van der Waals surface area contributed by atoms with E-state index in [1.54, 1.807) is 0 Å². The molecule has 0 saturated heterocycles. The van der Waals surface area contributed by atoms with Crippen molar-refractivity contribution in [2.75, 3.05) is 0 Å². The summed E-state index contributed by atoms with van der Waals surface area (Å²) < 4.78 is 0. The molecule has 1 unspecified atom stereocenters. The maximum atomic E-state index is 11.3. The van der Waals surface area contributed by atoms with Crippen LogP contribution < -0.4 is 0 Å². The minimum Gasteiger partial charge on any atom is -0.303 e. The molecule has 0 aliphatic heterocycles. The van der Waals surface area contributed by atoms with Crippen LogP contribution in [-0.2, 0) is 17.6 Å². The summed E-state index contributed by atoms with van der Waals surface area (Å²) in [6, 6.07) is 8.50. The molecule has 0 bridgehead atoms. The van der Waals surface area contributed by atoms with Gasteiger partial charge in [-0.1, -0.05) is 38.1 Å². The summed E-state index contributed by atoms with van der Waals surface area (Å²) in [6.45, 7) is 4.31. The maximum absolute atomic E-state index is 11.3. The number of carbonyl (C=O) groups is 1. The van der Waals surface area contributed by atoms with E-state index in [1.165, 1.54) is 17.4 Å². The van der Waals surface area contributed by atoms with Crippen molar-refractivity contribution >= 4 is 6.29 Å². The van der Waals surface area contributed by atoms with E-state index in [0.29, 0.717) is 5.92 Å². The van der Waals surface area contributed by atoms with Gasteiger partial charge in [-0.15, -0.1) is 0 Å². The molecule has 0 N–H and O–H groups in total. The number of rotatable bonds is 2. The van der Waals surface area contributed by atoms with Crippen molar-refractivity contribution in [2.24, 2.45) is 11.3 Å². The van der Waals surface area contributed by atoms with Gasteiger partial charge in [-0.3, -0.25) is 0 Å². The van der Waals surface area contributed by atoms with Crippen molar-refractivity contribution < 1.29 is 4.79 Å². The first kappa shape index (κ1) is 10.4. The van der Waals surface area contributed by atoms with Crippen LogP contribution in [0.3, 0.4) is 0 Å². The SMILES string of the molecule is CC(C)C1(C=O)CCc2ccccc2C1. The van der Waals surface area contributed by atoms with Crippen LogP contribution >= 0.6 is 0 Å². The second kappa shape index (κ2) is 3.80. The molecule has 1 aromatic rings. The highest BCUT2D eigenvalue weighted by atomic mass is 16.1. The maximum Gasteiger partial charge on any atom is 0.126 e. The Morgan fingerprint density at radius 1 is 1.27 bits per heavy atom. The molecule has 0 amide bonds. The van der Waals surface area contributed by atoms with Crippen molar-refractivity contribution in [3.8, 4) is 0 Å². The highest BCUT2D eigenvalue weighted by Crippen LogP contribution is 2.39. The standard InChI is InChI=1S/C14H18O/c1-11(2)14(10-15)8-7-12-5-3-4-6-13(12)9-14/h3-6,10-11H,7-9H2,1-2H3. The lowest BCUT2D eigenvalue weighted by Crippen LogP contribution is -2.35. The second-order valence-corrected chi connectivity index (χ2v) is 4.95. The summed E-state index contributed by atoms with van der Waals surface area (Å²) in [5.74, 6) is 0.434. The smallest absolute Gasteiger partial charge is 0.126 e. The summed E-state index contributed by atoms with van der Waals surface area (Å²) in [4.78, 5) is 11.3. The topological polar surface area (TPSA) is 17.1 Å². The van der Waals surface area contributed by atoms with Gasteiger partial charge in [0.1, 0.15) is 6.29 Å². The first-order valence-electron chi connectivity index (χ1n) is 5.71. The lowest BCUT2D eigenvalue weighted by Gasteiger charge is -2.36. The van der Waals surface area contributed by atoms with Gasteiger partial charge in [0.05, 0.1) is 0 Å². The van der Waals surface area contributed by atoms with Crippen LogP contribution in [0, 0.1) is 11.3 Å². The third-order valence-electron chi connectivity index (χ3n) is 3.88. The Balaban J connectivity index is 2.35. The van der Waals surface area contributed by atoms with E-state index in [2.05, 4.69) is 38.1 Å². The lowest BCUT2D eigenvalue weighted by molar-refractivity contribution is -0.119. The Hall–Kier alpha value is -1.11. The molecule has 2 rings (SSSR count). The molecule has 80 valence electrons. The average Bonchev–Trinajstić information content (AvgIpc) is 2.28. The summed E-state index contributed by atoms with van der Waals surface area (Å²) >= 11 is 0. The number of hydrogen-bond donors (Lipinski definition) is 0. The molecular formula is C14H18O. The molecule has 15 heavy (non-hydrogen) atoms. The zero-order chi connectivity index (χ0) is 10.9. The van der Waals surface area contributed by atoms with Gasteiger partial charge in [0.25, 0.3) is 0 Å². The molecule has 0 heterocycles. The molecule has 1 aromatic carbocycles. The second-order valence-electron chi connectivity index (χ2n) is 4.95. The van der Waals surface area contributed by atoms with Gasteiger partial charge >= 0.3 is 0 Å². The zero-order valence-corrected chi connectivity index (χ0v) is 9.49. The molecule has 1 heteroatoms. The van der Waals surface area contributed by atoms with Crippen molar-refractivity contribution in [3.05, 3.63) is 35.4 Å². The normalized spacial score (nSPS) is 25.0. The summed E-state index contributed by atoms with van der Waals surface area (Å²) in [6.07, 6.45) is 4.16. The minimum atomic E-state index is -0.117. The van der Waals surface area contributed by atoms with Gasteiger partial charge in [0.2, 0.25) is 0 Å². The van der Waals surface area contributed by atoms with Crippen molar-refractivity contribution in [2.45, 2.75) is 33.1 Å². The summed E-state index contributed by atoms with van der Waals surface area (Å²) in [5, 5.41) is 0. The predicted molar refractivity (Wildman–Crippen MR) is 61.8 cm³/mol. The molecule has 0 aromatic heterocycles. The van der Waals surface area contributed by atoms with Crippen molar-refractivity contribution in [1.29, 1.82) is 0 Å². The first-order valence-corrected chi connectivity index (χ1v) is 5.71. The number of benzene rings is 1. The quantitative estimate of drug-likeness (QED) is 0.674. The van der Waals surface area contributed by atoms with Crippen molar-refractivity contribution in [3.63, 3.8) is 0 Å². The van der Waals surface area contributed by atoms with E-state index in [1.807, 2.05) is 0 Å². The minimum absolute atomic E-state index is 0.117. The molecule has 0 saturated carbocycles. The third kappa shape index (κ3) is 1.71. The van der Waals surface area contributed by atoms with E-state index in [-0.39, 0.29) is 5.41 Å². The van der Waals surface area contributed by atoms with Gasteiger partial charge in [0, 0.05) is 5.41 Å². The van der Waals surface area contributed by atoms with Gasteiger partial charge < -0.3 is 4.79 Å². The van der Waals surface area contributed by atoms with Gasteiger partial charge in [-0.25, -0.2) is 0 Å². The number of aryl methyl sites for hydroxylation is 1. The van der Waals surface area contributed by atoms with Crippen LogP contribution in [0.4, 0.5) is 0 Å². The lowest BCUT2D eigenvalue weighted by atomic mass is 9.66. The van der Waals surface area contributed by atoms with Crippen LogP contribution in [0.15, 0.2) is 24.3 Å². The molecule has 1 nitrogen and oxygen atoms in total. The average molecular weight is 202 g/mol. The van der Waals surface area contributed by atoms with Crippen molar-refractivity contribution in [1.82, 2.24) is 0 Å². The molecular weight excluding hydrogens is 184 g/mol. The fourth-order valence-corrected chi connectivity index (χ4v) is 2.51. The fraction of sp³-hybridized carbons (Fsp3) is 0.500. The van der Waals surface area contributed by atoms with Crippen LogP contribution in [0.1, 0.15) is 31.4 Å². The summed E-state index contributed by atoms with van der Waals surface area (Å²) in [7, 11) is 0. The van der Waals surface area contributed by atoms with E-state index < -0.39 is 0 Å². The number of fused-ring (bicyclic) bond motifs is 1. The third-order valence-corrected chi connectivity index (χ3v) is 3.88. The fourth-order valence-electron chi connectivity index (χ4n) is 2.51. The molecule has 0 radical (unpaired) electrons. The monoisotopic (exact) mass is 202 g/mol. The van der Waals surface area contributed by atoms with E-state index >= 15 is 0 Å². The Bertz CT molecular complexity index is 367. The molecule has 1 aliphatic rings. The predicted octanol–water partition coefficient (Wildman–Crippen LogP) is 3.02. The first-order chi connectivity index (χ1) is 7.18. The Morgan fingerprint density at radius 2 is 1.93 bits per heavy atom. The van der Waals surface area contributed by atoms with E-state index in [9.17, 15) is 4.79 Å². The Labute approximate surface area is 91.5 Å². The van der Waals surface area contributed by atoms with E-state index in [4.69, 9.17) is 0 Å². The van der Waals surface area contributed by atoms with Crippen LogP contribution in [0.2, 0.25) is 0 Å². The Kier molecular flexibility index (Phi) is 2.64. The van der Waals surface area contributed by atoms with Crippen LogP contribution in [-0.4, -0.2) is 6.29 Å². The number of hydrogen-bond acceptors (Lipinski definition) is 1. The molecule has 0 spiro atoms. The Morgan fingerprint density at radius 3 is 2.53 bits per heavy atom. The highest BCUT2D eigenvalue weighted by Gasteiger charge is 2.36. The molecule has 1 atom stereocenters. The molecule has 0 fully saturated rings. The van der Waals surface area contributed by atoms with Crippen LogP contribution in [0.5, 0.6) is 0 Å². The zero-order valence-electron chi connectivity index (χ0n) is 9.49. The largest absolute Gasteiger partial charge is 0.303 e. The summed E-state index contributed by atoms with van der Waals surface area (Å²) in [5.41, 5.74) is 2.68.